The average Bonchev–Trinajstić information content (AvgIpc) is 2.81. The largest absolute Gasteiger partial charge is 0.497 e. The Morgan fingerprint density at radius 3 is 2.50 bits per heavy atom. The molecule has 0 radical (unpaired) electrons. The summed E-state index contributed by atoms with van der Waals surface area (Å²) in [6, 6.07) is 23.6. The van der Waals surface area contributed by atoms with Crippen molar-refractivity contribution in [1.82, 2.24) is 0 Å². The lowest BCUT2D eigenvalue weighted by atomic mass is 9.97. The zero-order valence-electron chi connectivity index (χ0n) is 17.7. The van der Waals surface area contributed by atoms with E-state index in [9.17, 15) is 14.3 Å². The highest BCUT2D eigenvalue weighted by Gasteiger charge is 2.10. The van der Waals surface area contributed by atoms with E-state index >= 15 is 0 Å². The Morgan fingerprint density at radius 1 is 0.969 bits per heavy atom. The molecular formula is C28H23FO3. The van der Waals surface area contributed by atoms with Crippen molar-refractivity contribution in [3.8, 4) is 16.9 Å². The number of rotatable bonds is 7. The van der Waals surface area contributed by atoms with E-state index in [1.165, 1.54) is 17.7 Å². The van der Waals surface area contributed by atoms with Gasteiger partial charge in [0.05, 0.1) is 12.7 Å². The lowest BCUT2D eigenvalue weighted by Crippen LogP contribution is -1.99. The first kappa shape index (κ1) is 21.3. The van der Waals surface area contributed by atoms with E-state index in [4.69, 9.17) is 4.74 Å². The van der Waals surface area contributed by atoms with Crippen LogP contribution in [0.3, 0.4) is 0 Å². The normalized spacial score (nSPS) is 11.2. The number of carboxylic acid groups (broad SMARTS) is 1. The number of benzene rings is 4. The summed E-state index contributed by atoms with van der Waals surface area (Å²) in [5, 5.41) is 11.9. The SMILES string of the molecule is COc1ccc2cccc(CC/C=C/c3cc(-c4ccc(F)cc4)ccc3C(=O)O)c2c1. The van der Waals surface area contributed by atoms with Crippen LogP contribution in [0.2, 0.25) is 0 Å². The molecule has 0 saturated heterocycles. The van der Waals surface area contributed by atoms with Gasteiger partial charge in [-0.3, -0.25) is 0 Å². The third-order valence-corrected chi connectivity index (χ3v) is 5.52. The van der Waals surface area contributed by atoms with Gasteiger partial charge in [0, 0.05) is 0 Å². The number of halogens is 1. The topological polar surface area (TPSA) is 46.5 Å². The molecule has 0 aromatic heterocycles. The molecule has 0 aliphatic rings. The molecule has 160 valence electrons. The van der Waals surface area contributed by atoms with Crippen LogP contribution >= 0.6 is 0 Å². The first-order valence-electron chi connectivity index (χ1n) is 10.4. The molecule has 0 saturated carbocycles. The highest BCUT2D eigenvalue weighted by Crippen LogP contribution is 2.26. The van der Waals surface area contributed by atoms with Gasteiger partial charge in [-0.15, -0.1) is 0 Å². The second kappa shape index (κ2) is 9.48. The molecule has 3 nitrogen and oxygen atoms in total. The third kappa shape index (κ3) is 4.70. The molecular weight excluding hydrogens is 403 g/mol. The van der Waals surface area contributed by atoms with E-state index in [1.54, 1.807) is 31.4 Å². The summed E-state index contributed by atoms with van der Waals surface area (Å²) in [4.78, 5) is 11.7. The van der Waals surface area contributed by atoms with E-state index < -0.39 is 5.97 Å². The first-order valence-corrected chi connectivity index (χ1v) is 10.4. The van der Waals surface area contributed by atoms with E-state index in [-0.39, 0.29) is 11.4 Å². The minimum atomic E-state index is -0.976. The monoisotopic (exact) mass is 426 g/mol. The van der Waals surface area contributed by atoms with Gasteiger partial charge in [-0.05, 0) is 82.3 Å². The number of methoxy groups -OCH3 is 1. The standard InChI is InChI=1S/C28H23FO3/c1-32-25-15-11-21-8-4-7-20(27(21)18-25)5-2-3-6-23-17-22(12-16-26(23)28(30)31)19-9-13-24(29)14-10-19/h3-4,6-18H,2,5H2,1H3,(H,30,31)/b6-3+. The molecule has 0 bridgehead atoms. The van der Waals surface area contributed by atoms with Crippen LogP contribution in [0.1, 0.15) is 27.9 Å². The van der Waals surface area contributed by atoms with Crippen LogP contribution < -0.4 is 4.74 Å². The molecule has 0 atom stereocenters. The maximum absolute atomic E-state index is 13.2. The molecule has 32 heavy (non-hydrogen) atoms. The number of aryl methyl sites for hydroxylation is 1. The summed E-state index contributed by atoms with van der Waals surface area (Å²) in [5.41, 5.74) is 3.75. The number of carbonyl (C=O) groups is 1. The predicted octanol–water partition coefficient (Wildman–Crippen LogP) is 7.00. The Kier molecular flexibility index (Phi) is 6.31. The number of hydrogen-bond donors (Lipinski definition) is 1. The molecule has 0 aliphatic heterocycles. The van der Waals surface area contributed by atoms with Crippen LogP contribution in [-0.4, -0.2) is 18.2 Å². The van der Waals surface area contributed by atoms with Crippen LogP contribution in [0.25, 0.3) is 28.0 Å². The van der Waals surface area contributed by atoms with Crippen molar-refractivity contribution in [1.29, 1.82) is 0 Å². The fourth-order valence-electron chi connectivity index (χ4n) is 3.83. The average molecular weight is 426 g/mol. The van der Waals surface area contributed by atoms with Crippen molar-refractivity contribution in [3.05, 3.63) is 107 Å². The molecule has 0 heterocycles. The summed E-state index contributed by atoms with van der Waals surface area (Å²) in [7, 11) is 1.66. The van der Waals surface area contributed by atoms with Gasteiger partial charge < -0.3 is 9.84 Å². The number of allylic oxidation sites excluding steroid dienone is 1. The molecule has 4 heteroatoms. The molecule has 0 unspecified atom stereocenters. The van der Waals surface area contributed by atoms with Crippen molar-refractivity contribution < 1.29 is 19.0 Å². The van der Waals surface area contributed by atoms with Crippen LogP contribution in [0.4, 0.5) is 4.39 Å². The van der Waals surface area contributed by atoms with E-state index in [0.29, 0.717) is 5.56 Å². The lowest BCUT2D eigenvalue weighted by molar-refractivity contribution is 0.0696. The van der Waals surface area contributed by atoms with Gasteiger partial charge in [-0.2, -0.15) is 0 Å². The zero-order valence-corrected chi connectivity index (χ0v) is 17.7. The molecule has 0 amide bonds. The molecule has 4 aromatic rings. The number of ether oxygens (including phenoxy) is 1. The maximum Gasteiger partial charge on any atom is 0.336 e. The minimum Gasteiger partial charge on any atom is -0.497 e. The van der Waals surface area contributed by atoms with Gasteiger partial charge in [0.25, 0.3) is 0 Å². The Labute approximate surface area is 186 Å². The van der Waals surface area contributed by atoms with E-state index in [2.05, 4.69) is 12.1 Å². The van der Waals surface area contributed by atoms with Crippen LogP contribution in [0.15, 0.2) is 84.9 Å². The highest BCUT2D eigenvalue weighted by molar-refractivity contribution is 5.93. The fraction of sp³-hybridized carbons (Fsp3) is 0.107. The highest BCUT2D eigenvalue weighted by atomic mass is 19.1. The van der Waals surface area contributed by atoms with Crippen molar-refractivity contribution in [2.45, 2.75) is 12.8 Å². The van der Waals surface area contributed by atoms with Crippen molar-refractivity contribution in [2.75, 3.05) is 7.11 Å². The second-order valence-electron chi connectivity index (χ2n) is 7.56. The smallest absolute Gasteiger partial charge is 0.336 e. The summed E-state index contributed by atoms with van der Waals surface area (Å²) in [5.74, 6) is -0.456. The van der Waals surface area contributed by atoms with Gasteiger partial charge >= 0.3 is 5.97 Å². The number of fused-ring (bicyclic) bond motifs is 1. The summed E-state index contributed by atoms with van der Waals surface area (Å²) in [6.07, 6.45) is 5.43. The summed E-state index contributed by atoms with van der Waals surface area (Å²) in [6.45, 7) is 0. The lowest BCUT2D eigenvalue weighted by Gasteiger charge is -2.08. The quantitative estimate of drug-likeness (QED) is 0.346. The minimum absolute atomic E-state index is 0.238. The Morgan fingerprint density at radius 2 is 1.75 bits per heavy atom. The van der Waals surface area contributed by atoms with Crippen molar-refractivity contribution in [2.24, 2.45) is 0 Å². The number of aromatic carboxylic acids is 1. The first-order chi connectivity index (χ1) is 15.5. The Hall–Kier alpha value is -3.92. The van der Waals surface area contributed by atoms with E-state index in [1.807, 2.05) is 42.5 Å². The number of hydrogen-bond acceptors (Lipinski definition) is 2. The molecule has 4 rings (SSSR count). The fourth-order valence-corrected chi connectivity index (χ4v) is 3.83. The summed E-state index contributed by atoms with van der Waals surface area (Å²) < 4.78 is 18.6. The second-order valence-corrected chi connectivity index (χ2v) is 7.56. The summed E-state index contributed by atoms with van der Waals surface area (Å²) >= 11 is 0. The third-order valence-electron chi connectivity index (χ3n) is 5.52. The van der Waals surface area contributed by atoms with Gasteiger partial charge in [0.15, 0.2) is 0 Å². The molecule has 0 spiro atoms. The van der Waals surface area contributed by atoms with Gasteiger partial charge in [0.1, 0.15) is 11.6 Å². The molecule has 4 aromatic carbocycles. The van der Waals surface area contributed by atoms with Gasteiger partial charge in [-0.1, -0.05) is 54.6 Å². The van der Waals surface area contributed by atoms with E-state index in [0.717, 1.165) is 40.5 Å². The van der Waals surface area contributed by atoms with Crippen LogP contribution in [0.5, 0.6) is 5.75 Å². The van der Waals surface area contributed by atoms with Crippen molar-refractivity contribution in [3.63, 3.8) is 0 Å². The zero-order chi connectivity index (χ0) is 22.5. The number of carboxylic acids is 1. The maximum atomic E-state index is 13.2. The molecule has 0 aliphatic carbocycles. The Bertz CT molecular complexity index is 1290. The molecule has 0 fully saturated rings. The predicted molar refractivity (Wildman–Crippen MR) is 127 cm³/mol. The molecule has 1 N–H and O–H groups in total. The van der Waals surface area contributed by atoms with Crippen molar-refractivity contribution >= 4 is 22.8 Å². The van der Waals surface area contributed by atoms with Gasteiger partial charge in [0.2, 0.25) is 0 Å². The Balaban J connectivity index is 1.56. The van der Waals surface area contributed by atoms with Gasteiger partial charge in [-0.25, -0.2) is 9.18 Å². The van der Waals surface area contributed by atoms with Crippen LogP contribution in [-0.2, 0) is 6.42 Å². The van der Waals surface area contributed by atoms with Crippen LogP contribution in [0, 0.1) is 5.82 Å².